The number of ether oxygens (including phenoxy) is 1. The minimum Gasteiger partial charge on any atom is -0.448 e. The number of halogens is 5. The van der Waals surface area contributed by atoms with E-state index < -0.39 is 52.5 Å². The minimum atomic E-state index is -5.03. The van der Waals surface area contributed by atoms with Gasteiger partial charge in [-0.25, -0.2) is 9.97 Å². The highest BCUT2D eigenvalue weighted by molar-refractivity contribution is 5.51. The van der Waals surface area contributed by atoms with E-state index in [9.17, 15) is 31.5 Å². The molecule has 35 heavy (non-hydrogen) atoms. The molecular formula is C22H18F5N5O3. The van der Waals surface area contributed by atoms with E-state index in [2.05, 4.69) is 15.0 Å². The zero-order valence-corrected chi connectivity index (χ0v) is 18.8. The molecule has 0 spiro atoms. The Labute approximate surface area is 194 Å². The lowest BCUT2D eigenvalue weighted by Crippen LogP contribution is -2.30. The summed E-state index contributed by atoms with van der Waals surface area (Å²) in [5.41, 5.74) is -4.73. The molecule has 13 heteroatoms. The molecule has 0 bridgehead atoms. The number of H-pyrrole nitrogens is 1. The number of aromatic amines is 1. The second-order valence-electron chi connectivity index (χ2n) is 7.84. The normalized spacial score (nSPS) is 11.9. The second kappa shape index (κ2) is 8.94. The van der Waals surface area contributed by atoms with E-state index in [0.29, 0.717) is 18.8 Å². The maximum absolute atomic E-state index is 14.3. The van der Waals surface area contributed by atoms with Gasteiger partial charge in [-0.1, -0.05) is 0 Å². The Kier molecular flexibility index (Phi) is 6.52. The number of hydrogen-bond donors (Lipinski definition) is 1. The largest absolute Gasteiger partial charge is 0.448 e. The number of nitrogens with zero attached hydrogens (tertiary/aromatic N) is 4. The van der Waals surface area contributed by atoms with Gasteiger partial charge in [-0.05, 0) is 38.5 Å². The maximum atomic E-state index is 14.3. The molecule has 0 aliphatic heterocycles. The summed E-state index contributed by atoms with van der Waals surface area (Å²) in [5, 5.41) is 9.01. The first-order valence-electron chi connectivity index (χ1n) is 9.97. The van der Waals surface area contributed by atoms with E-state index in [1.807, 2.05) is 0 Å². The topological polar surface area (TPSA) is 114 Å². The van der Waals surface area contributed by atoms with Gasteiger partial charge in [0.2, 0.25) is 5.75 Å². The summed E-state index contributed by atoms with van der Waals surface area (Å²) < 4.78 is 75.6. The Morgan fingerprint density at radius 2 is 1.77 bits per heavy atom. The molecule has 184 valence electrons. The van der Waals surface area contributed by atoms with Crippen molar-refractivity contribution in [1.82, 2.24) is 19.5 Å². The first-order chi connectivity index (χ1) is 16.1. The Balaban J connectivity index is 2.24. The van der Waals surface area contributed by atoms with Crippen molar-refractivity contribution in [3.05, 3.63) is 78.6 Å². The van der Waals surface area contributed by atoms with Crippen LogP contribution in [0.15, 0.2) is 28.0 Å². The summed E-state index contributed by atoms with van der Waals surface area (Å²) >= 11 is 0. The number of hydrogen-bond acceptors (Lipinski definition) is 6. The van der Waals surface area contributed by atoms with E-state index in [4.69, 9.17) is 10.00 Å². The molecule has 8 nitrogen and oxygen atoms in total. The van der Waals surface area contributed by atoms with Gasteiger partial charge < -0.3 is 9.72 Å². The molecule has 0 fully saturated rings. The van der Waals surface area contributed by atoms with Crippen LogP contribution in [0.4, 0.5) is 22.0 Å². The van der Waals surface area contributed by atoms with E-state index in [1.165, 1.54) is 20.8 Å². The third kappa shape index (κ3) is 5.21. The van der Waals surface area contributed by atoms with Crippen molar-refractivity contribution in [1.29, 1.82) is 5.26 Å². The van der Waals surface area contributed by atoms with Crippen molar-refractivity contribution in [2.75, 3.05) is 0 Å². The van der Waals surface area contributed by atoms with Gasteiger partial charge in [0.1, 0.15) is 11.6 Å². The Bertz CT molecular complexity index is 1460. The second-order valence-corrected chi connectivity index (χ2v) is 7.84. The predicted octanol–water partition coefficient (Wildman–Crippen LogP) is 4.09. The summed E-state index contributed by atoms with van der Waals surface area (Å²) in [6.45, 7) is 4.16. The van der Waals surface area contributed by atoms with Crippen LogP contribution >= 0.6 is 0 Å². The van der Waals surface area contributed by atoms with Gasteiger partial charge in [-0.3, -0.25) is 14.2 Å². The van der Waals surface area contributed by atoms with Crippen LogP contribution in [0.3, 0.4) is 0 Å². The molecule has 2 aromatic heterocycles. The van der Waals surface area contributed by atoms with Gasteiger partial charge in [-0.15, -0.1) is 0 Å². The predicted molar refractivity (Wildman–Crippen MR) is 112 cm³/mol. The van der Waals surface area contributed by atoms with Gasteiger partial charge in [-0.2, -0.15) is 27.2 Å². The lowest BCUT2D eigenvalue weighted by molar-refractivity contribution is -0.138. The molecule has 3 aromatic rings. The van der Waals surface area contributed by atoms with Gasteiger partial charge in [0.15, 0.2) is 5.69 Å². The highest BCUT2D eigenvalue weighted by Crippen LogP contribution is 2.42. The molecule has 0 radical (unpaired) electrons. The van der Waals surface area contributed by atoms with Crippen molar-refractivity contribution in [3.63, 3.8) is 0 Å². The first-order valence-corrected chi connectivity index (χ1v) is 9.97. The quantitative estimate of drug-likeness (QED) is 0.534. The molecule has 0 saturated carbocycles. The van der Waals surface area contributed by atoms with Crippen molar-refractivity contribution in [2.24, 2.45) is 0 Å². The Hall–Kier alpha value is -4.08. The fourth-order valence-electron chi connectivity index (χ4n) is 3.38. The van der Waals surface area contributed by atoms with Crippen molar-refractivity contribution in [3.8, 4) is 17.6 Å². The van der Waals surface area contributed by atoms with E-state index in [-0.39, 0.29) is 22.4 Å². The number of benzene rings is 1. The molecular weight excluding hydrogens is 477 g/mol. The van der Waals surface area contributed by atoms with Crippen molar-refractivity contribution < 1.29 is 26.7 Å². The average molecular weight is 495 g/mol. The Morgan fingerprint density at radius 1 is 1.11 bits per heavy atom. The highest BCUT2D eigenvalue weighted by atomic mass is 19.4. The molecule has 1 aromatic carbocycles. The van der Waals surface area contributed by atoms with Gasteiger partial charge in [0, 0.05) is 12.6 Å². The van der Waals surface area contributed by atoms with Gasteiger partial charge in [0.25, 0.3) is 17.0 Å². The van der Waals surface area contributed by atoms with Crippen LogP contribution in [0.2, 0.25) is 0 Å². The molecule has 0 saturated heterocycles. The van der Waals surface area contributed by atoms with Crippen LogP contribution in [0.25, 0.3) is 0 Å². The zero-order valence-electron chi connectivity index (χ0n) is 18.8. The molecule has 3 rings (SSSR count). The summed E-state index contributed by atoms with van der Waals surface area (Å²) in [7, 11) is 0. The maximum Gasteiger partial charge on any atom is 0.420 e. The summed E-state index contributed by atoms with van der Waals surface area (Å²) in [4.78, 5) is 35.5. The molecule has 0 aliphatic rings. The Morgan fingerprint density at radius 3 is 2.31 bits per heavy atom. The third-order valence-corrected chi connectivity index (χ3v) is 4.99. The molecule has 0 aliphatic carbocycles. The van der Waals surface area contributed by atoms with Gasteiger partial charge >= 0.3 is 6.18 Å². The minimum absolute atomic E-state index is 0.0204. The van der Waals surface area contributed by atoms with Crippen LogP contribution < -0.4 is 15.9 Å². The van der Waals surface area contributed by atoms with Crippen LogP contribution in [-0.2, 0) is 18.6 Å². The zero-order chi connectivity index (χ0) is 26.3. The monoisotopic (exact) mass is 495 g/mol. The lowest BCUT2D eigenvalue weighted by Gasteiger charge is -2.20. The summed E-state index contributed by atoms with van der Waals surface area (Å²) in [5.74, 6) is -5.52. The number of alkyl halides is 5. The van der Waals surface area contributed by atoms with Crippen LogP contribution in [0, 0.1) is 32.1 Å². The average Bonchev–Trinajstić information content (AvgIpc) is 2.72. The number of nitrogens with one attached hydrogen (secondary N) is 1. The first kappa shape index (κ1) is 25.5. The summed E-state index contributed by atoms with van der Waals surface area (Å²) in [6.07, 6.45) is -4.28. The van der Waals surface area contributed by atoms with Crippen molar-refractivity contribution in [2.45, 2.75) is 46.3 Å². The van der Waals surface area contributed by atoms with Crippen LogP contribution in [0.1, 0.15) is 46.4 Å². The molecule has 0 atom stereocenters. The smallest absolute Gasteiger partial charge is 0.420 e. The lowest BCUT2D eigenvalue weighted by atomic mass is 10.0. The standard InChI is InChI=1S/C22H18F5N5O3/c1-10-5-13(7-28)6-15(22(25,26)27)16(10)35-17-18(21(4,23)24)29-9-32(20(17)34)8-14-11(2)30-12(3)31-19(14)33/h5-6,9H,8H2,1-4H3,(H,30,31,33). The van der Waals surface area contributed by atoms with Crippen LogP contribution in [0.5, 0.6) is 11.5 Å². The number of aromatic nitrogens is 4. The van der Waals surface area contributed by atoms with Crippen LogP contribution in [-0.4, -0.2) is 19.5 Å². The van der Waals surface area contributed by atoms with E-state index in [0.717, 1.165) is 17.0 Å². The van der Waals surface area contributed by atoms with E-state index >= 15 is 0 Å². The molecule has 2 heterocycles. The van der Waals surface area contributed by atoms with Gasteiger partial charge in [0.05, 0.1) is 35.6 Å². The molecule has 1 N–H and O–H groups in total. The number of nitriles is 1. The highest BCUT2D eigenvalue weighted by Gasteiger charge is 2.38. The molecule has 0 unspecified atom stereocenters. The number of aryl methyl sites for hydroxylation is 3. The van der Waals surface area contributed by atoms with E-state index in [1.54, 1.807) is 6.07 Å². The summed E-state index contributed by atoms with van der Waals surface area (Å²) in [6, 6.07) is 3.12. The fraction of sp³-hybridized carbons (Fsp3) is 0.318. The SMILES string of the molecule is Cc1nc(C)c(Cn2cnc(C(C)(F)F)c(Oc3c(C)cc(C#N)cc3C(F)(F)F)c2=O)c(=O)[nH]1. The van der Waals surface area contributed by atoms with Crippen molar-refractivity contribution >= 4 is 0 Å². The molecule has 0 amide bonds. The number of rotatable bonds is 5. The fourth-order valence-corrected chi connectivity index (χ4v) is 3.38. The third-order valence-electron chi connectivity index (χ3n) is 4.99.